The van der Waals surface area contributed by atoms with Gasteiger partial charge in [0.2, 0.25) is 9.47 Å². The molecule has 0 aromatic carbocycles. The van der Waals surface area contributed by atoms with Crippen LogP contribution in [0.25, 0.3) is 0 Å². The Kier molecular flexibility index (Phi) is 4.22. The predicted molar refractivity (Wildman–Crippen MR) is 63.6 cm³/mol. The highest BCUT2D eigenvalue weighted by Crippen LogP contribution is 2.23. The van der Waals surface area contributed by atoms with Crippen LogP contribution in [0.5, 0.6) is 0 Å². The maximum absolute atomic E-state index is 12.1. The Morgan fingerprint density at radius 3 is 2.31 bits per heavy atom. The van der Waals surface area contributed by atoms with Crippen molar-refractivity contribution in [2.45, 2.75) is 37.1 Å². The van der Waals surface area contributed by atoms with Gasteiger partial charge in [0.15, 0.2) is 0 Å². The average molecular weight is 264 g/mol. The molecule has 1 heterocycles. The minimum atomic E-state index is -3.54. The van der Waals surface area contributed by atoms with Gasteiger partial charge in [0.25, 0.3) is 10.0 Å². The van der Waals surface area contributed by atoms with Crippen molar-refractivity contribution in [1.82, 2.24) is 14.5 Å². The van der Waals surface area contributed by atoms with Gasteiger partial charge in [-0.2, -0.15) is 4.31 Å². The second-order valence-electron chi connectivity index (χ2n) is 3.40. The molecular weight excluding hydrogens is 248 g/mol. The molecule has 0 saturated heterocycles. The molecule has 1 rings (SSSR count). The first-order valence-electron chi connectivity index (χ1n) is 5.00. The summed E-state index contributed by atoms with van der Waals surface area (Å²) in [6.45, 7) is 3.91. The standard InChI is InChI=1S/C8H16N4O2S2/c1-4-6(5-2)12(3)16(13,14)8-11-10-7(9)15-8/h6H,4-5H2,1-3H3,(H2,9,10). The summed E-state index contributed by atoms with van der Waals surface area (Å²) in [6.07, 6.45) is 1.53. The highest BCUT2D eigenvalue weighted by molar-refractivity contribution is 7.91. The Labute approximate surface area is 99.5 Å². The molecule has 0 fully saturated rings. The van der Waals surface area contributed by atoms with Gasteiger partial charge in [-0.3, -0.25) is 0 Å². The lowest BCUT2D eigenvalue weighted by molar-refractivity contribution is 0.349. The Balaban J connectivity index is 3.02. The fourth-order valence-electron chi connectivity index (χ4n) is 1.45. The van der Waals surface area contributed by atoms with Crippen molar-refractivity contribution in [1.29, 1.82) is 0 Å². The maximum atomic E-state index is 12.1. The fraction of sp³-hybridized carbons (Fsp3) is 0.750. The zero-order valence-electron chi connectivity index (χ0n) is 9.54. The molecule has 92 valence electrons. The summed E-state index contributed by atoms with van der Waals surface area (Å²) >= 11 is 0.887. The first kappa shape index (κ1) is 13.3. The number of rotatable bonds is 5. The lowest BCUT2D eigenvalue weighted by atomic mass is 10.2. The zero-order valence-corrected chi connectivity index (χ0v) is 11.2. The molecule has 0 aliphatic heterocycles. The number of nitrogens with two attached hydrogens (primary N) is 1. The van der Waals surface area contributed by atoms with E-state index in [0.29, 0.717) is 0 Å². The van der Waals surface area contributed by atoms with Gasteiger partial charge < -0.3 is 5.73 Å². The molecule has 0 aliphatic carbocycles. The van der Waals surface area contributed by atoms with E-state index in [9.17, 15) is 8.42 Å². The molecule has 1 aromatic heterocycles. The van der Waals surface area contributed by atoms with Crippen molar-refractivity contribution < 1.29 is 8.42 Å². The molecule has 16 heavy (non-hydrogen) atoms. The number of anilines is 1. The van der Waals surface area contributed by atoms with E-state index in [1.165, 1.54) is 4.31 Å². The minimum Gasteiger partial charge on any atom is -0.374 e. The number of hydrogen-bond acceptors (Lipinski definition) is 6. The van der Waals surface area contributed by atoms with E-state index in [0.717, 1.165) is 24.2 Å². The summed E-state index contributed by atoms with van der Waals surface area (Å²) in [5, 5.41) is 7.25. The second kappa shape index (κ2) is 5.07. The fourth-order valence-corrected chi connectivity index (χ4v) is 3.90. The van der Waals surface area contributed by atoms with E-state index >= 15 is 0 Å². The highest BCUT2D eigenvalue weighted by atomic mass is 32.2. The van der Waals surface area contributed by atoms with Gasteiger partial charge >= 0.3 is 0 Å². The van der Waals surface area contributed by atoms with Crippen LogP contribution in [0.2, 0.25) is 0 Å². The average Bonchev–Trinajstić information content (AvgIpc) is 2.67. The predicted octanol–water partition coefficient (Wildman–Crippen LogP) is 0.929. The number of sulfonamides is 1. The topological polar surface area (TPSA) is 89.2 Å². The van der Waals surface area contributed by atoms with E-state index in [1.54, 1.807) is 7.05 Å². The molecule has 0 radical (unpaired) electrons. The molecule has 1 aromatic rings. The van der Waals surface area contributed by atoms with E-state index in [2.05, 4.69) is 10.2 Å². The van der Waals surface area contributed by atoms with Crippen molar-refractivity contribution in [2.75, 3.05) is 12.8 Å². The van der Waals surface area contributed by atoms with Crippen LogP contribution in [-0.2, 0) is 10.0 Å². The van der Waals surface area contributed by atoms with Crippen LogP contribution >= 0.6 is 11.3 Å². The maximum Gasteiger partial charge on any atom is 0.272 e. The number of hydrogen-bond donors (Lipinski definition) is 1. The van der Waals surface area contributed by atoms with Gasteiger partial charge in [0.1, 0.15) is 0 Å². The van der Waals surface area contributed by atoms with Crippen molar-refractivity contribution in [3.05, 3.63) is 0 Å². The van der Waals surface area contributed by atoms with Gasteiger partial charge in [0, 0.05) is 13.1 Å². The first-order chi connectivity index (χ1) is 7.43. The van der Waals surface area contributed by atoms with Crippen LogP contribution in [0, 0.1) is 0 Å². The Hall–Kier alpha value is -0.730. The molecule has 2 N–H and O–H groups in total. The zero-order chi connectivity index (χ0) is 12.3. The van der Waals surface area contributed by atoms with Crippen molar-refractivity contribution in [3.8, 4) is 0 Å². The van der Waals surface area contributed by atoms with E-state index < -0.39 is 10.0 Å². The third-order valence-electron chi connectivity index (χ3n) is 2.48. The van der Waals surface area contributed by atoms with Crippen molar-refractivity contribution >= 4 is 26.5 Å². The lowest BCUT2D eigenvalue weighted by Crippen LogP contribution is -2.36. The van der Waals surface area contributed by atoms with Crippen LogP contribution in [0.15, 0.2) is 4.34 Å². The van der Waals surface area contributed by atoms with Crippen LogP contribution < -0.4 is 5.73 Å². The monoisotopic (exact) mass is 264 g/mol. The molecule has 0 saturated carbocycles. The number of nitrogens with zero attached hydrogens (tertiary/aromatic N) is 3. The molecule has 8 heteroatoms. The van der Waals surface area contributed by atoms with E-state index in [4.69, 9.17) is 5.73 Å². The second-order valence-corrected chi connectivity index (χ2v) is 6.58. The number of aromatic nitrogens is 2. The number of nitrogen functional groups attached to an aromatic ring is 1. The normalized spacial score (nSPS) is 12.6. The van der Waals surface area contributed by atoms with Crippen molar-refractivity contribution in [3.63, 3.8) is 0 Å². The van der Waals surface area contributed by atoms with Gasteiger partial charge in [-0.25, -0.2) is 8.42 Å². The summed E-state index contributed by atoms with van der Waals surface area (Å²) in [6, 6.07) is -0.0184. The highest BCUT2D eigenvalue weighted by Gasteiger charge is 2.29. The Bertz CT molecular complexity index is 439. The van der Waals surface area contributed by atoms with Gasteiger partial charge in [0.05, 0.1) is 0 Å². The Morgan fingerprint density at radius 2 is 1.94 bits per heavy atom. The van der Waals surface area contributed by atoms with E-state index in [-0.39, 0.29) is 15.5 Å². The summed E-state index contributed by atoms with van der Waals surface area (Å²) < 4.78 is 25.5. The van der Waals surface area contributed by atoms with E-state index in [1.807, 2.05) is 13.8 Å². The summed E-state index contributed by atoms with van der Waals surface area (Å²) in [5.74, 6) is 0. The molecule has 0 bridgehead atoms. The minimum absolute atomic E-state index is 0.0184. The molecule has 6 nitrogen and oxygen atoms in total. The summed E-state index contributed by atoms with van der Waals surface area (Å²) in [7, 11) is -1.98. The first-order valence-corrected chi connectivity index (χ1v) is 7.26. The smallest absolute Gasteiger partial charge is 0.272 e. The van der Waals surface area contributed by atoms with Crippen LogP contribution in [-0.4, -0.2) is 36.0 Å². The summed E-state index contributed by atoms with van der Waals surface area (Å²) in [4.78, 5) is 0. The summed E-state index contributed by atoms with van der Waals surface area (Å²) in [5.41, 5.74) is 5.38. The lowest BCUT2D eigenvalue weighted by Gasteiger charge is -2.23. The molecule has 0 spiro atoms. The molecule has 0 unspecified atom stereocenters. The molecule has 0 aliphatic rings. The Morgan fingerprint density at radius 1 is 1.38 bits per heavy atom. The van der Waals surface area contributed by atoms with Crippen LogP contribution in [0.3, 0.4) is 0 Å². The SMILES string of the molecule is CCC(CC)N(C)S(=O)(=O)c1nnc(N)s1. The quantitative estimate of drug-likeness (QED) is 0.854. The third kappa shape index (κ3) is 2.50. The van der Waals surface area contributed by atoms with Gasteiger partial charge in [-0.15, -0.1) is 10.2 Å². The van der Waals surface area contributed by atoms with Crippen molar-refractivity contribution in [2.24, 2.45) is 0 Å². The molecule has 0 amide bonds. The molecular formula is C8H16N4O2S2. The van der Waals surface area contributed by atoms with Gasteiger partial charge in [-0.1, -0.05) is 25.2 Å². The van der Waals surface area contributed by atoms with Gasteiger partial charge in [-0.05, 0) is 12.8 Å². The van der Waals surface area contributed by atoms with Crippen LogP contribution in [0.1, 0.15) is 26.7 Å². The largest absolute Gasteiger partial charge is 0.374 e. The van der Waals surface area contributed by atoms with Crippen LogP contribution in [0.4, 0.5) is 5.13 Å². The molecule has 0 atom stereocenters. The third-order valence-corrected chi connectivity index (χ3v) is 5.49.